The van der Waals surface area contributed by atoms with Crippen molar-refractivity contribution < 1.29 is 4.79 Å². The van der Waals surface area contributed by atoms with Gasteiger partial charge < -0.3 is 10.2 Å². The number of carbonyl (C=O) groups excluding carboxylic acids is 1. The van der Waals surface area contributed by atoms with Gasteiger partial charge >= 0.3 is 6.03 Å². The Bertz CT molecular complexity index is 474. The first-order valence-corrected chi connectivity index (χ1v) is 7.46. The van der Waals surface area contributed by atoms with E-state index in [0.717, 1.165) is 18.4 Å². The van der Waals surface area contributed by atoms with E-state index in [1.54, 1.807) is 6.20 Å². The largest absolute Gasteiger partial charge is 0.321 e. The lowest BCUT2D eigenvalue weighted by Crippen LogP contribution is -2.50. The predicted molar refractivity (Wildman–Crippen MR) is 83.6 cm³/mol. The van der Waals surface area contributed by atoms with Gasteiger partial charge in [-0.25, -0.2) is 4.79 Å². The van der Waals surface area contributed by atoms with Crippen molar-refractivity contribution in [3.63, 3.8) is 0 Å². The monoisotopic (exact) mass is 292 g/mol. The molecule has 0 aromatic heterocycles. The topological polar surface area (TPSA) is 32.3 Å². The average molecular weight is 293 g/mol. The minimum atomic E-state index is -0.0186. The van der Waals surface area contributed by atoms with E-state index in [9.17, 15) is 4.79 Å². The van der Waals surface area contributed by atoms with E-state index >= 15 is 0 Å². The van der Waals surface area contributed by atoms with E-state index < -0.39 is 0 Å². The predicted octanol–water partition coefficient (Wildman–Crippen LogP) is 4.28. The zero-order chi connectivity index (χ0) is 14.5. The summed E-state index contributed by atoms with van der Waals surface area (Å²) in [5.41, 5.74) is 1.01. The van der Waals surface area contributed by atoms with Crippen molar-refractivity contribution >= 4 is 23.7 Å². The summed E-state index contributed by atoms with van der Waals surface area (Å²) in [6, 6.07) is 8.09. The van der Waals surface area contributed by atoms with Gasteiger partial charge in [0.1, 0.15) is 0 Å². The summed E-state index contributed by atoms with van der Waals surface area (Å²) in [6.45, 7) is 4.22. The number of carbonyl (C=O) groups is 1. The molecule has 1 N–H and O–H groups in total. The molecule has 0 bridgehead atoms. The van der Waals surface area contributed by atoms with Gasteiger partial charge in [0.25, 0.3) is 0 Å². The summed E-state index contributed by atoms with van der Waals surface area (Å²) in [7, 11) is 0. The molecule has 3 nitrogen and oxygen atoms in total. The molecule has 1 aromatic rings. The SMILES string of the molecule is CC1CCCC(C)N1C(=O)N/C=C/c1ccc(Cl)cc1. The third kappa shape index (κ3) is 3.76. The molecule has 0 saturated carbocycles. The average Bonchev–Trinajstić information content (AvgIpc) is 2.41. The highest BCUT2D eigenvalue weighted by atomic mass is 35.5. The Balaban J connectivity index is 1.92. The molecule has 1 saturated heterocycles. The first kappa shape index (κ1) is 14.9. The van der Waals surface area contributed by atoms with Crippen LogP contribution in [-0.4, -0.2) is 23.0 Å². The molecule has 1 aromatic carbocycles. The molecule has 0 radical (unpaired) electrons. The second kappa shape index (κ2) is 6.80. The normalized spacial score (nSPS) is 23.1. The van der Waals surface area contributed by atoms with Crippen molar-refractivity contribution in [3.05, 3.63) is 41.1 Å². The molecule has 0 aliphatic carbocycles. The number of piperidine rings is 1. The molecule has 4 heteroatoms. The third-order valence-electron chi connectivity index (χ3n) is 3.78. The summed E-state index contributed by atoms with van der Waals surface area (Å²) in [6.07, 6.45) is 6.93. The van der Waals surface area contributed by atoms with Crippen LogP contribution in [0.15, 0.2) is 30.5 Å². The quantitative estimate of drug-likeness (QED) is 0.867. The van der Waals surface area contributed by atoms with Gasteiger partial charge in [-0.2, -0.15) is 0 Å². The van der Waals surface area contributed by atoms with Gasteiger partial charge in [-0.15, -0.1) is 0 Å². The van der Waals surface area contributed by atoms with Crippen LogP contribution in [0.4, 0.5) is 4.79 Å². The number of rotatable bonds is 2. The van der Waals surface area contributed by atoms with E-state index in [0.29, 0.717) is 17.1 Å². The van der Waals surface area contributed by atoms with Crippen LogP contribution < -0.4 is 5.32 Å². The van der Waals surface area contributed by atoms with Gasteiger partial charge in [0.15, 0.2) is 0 Å². The number of nitrogens with one attached hydrogen (secondary N) is 1. The molecular weight excluding hydrogens is 272 g/mol. The lowest BCUT2D eigenvalue weighted by molar-refractivity contribution is 0.126. The smallest absolute Gasteiger partial charge is 0.319 e. The van der Waals surface area contributed by atoms with Gasteiger partial charge in [-0.3, -0.25) is 0 Å². The number of benzene rings is 1. The van der Waals surface area contributed by atoms with Crippen molar-refractivity contribution in [2.75, 3.05) is 0 Å². The van der Waals surface area contributed by atoms with Crippen molar-refractivity contribution in [3.8, 4) is 0 Å². The Morgan fingerprint density at radius 1 is 1.25 bits per heavy atom. The maximum atomic E-state index is 12.2. The van der Waals surface area contributed by atoms with E-state index in [-0.39, 0.29) is 6.03 Å². The van der Waals surface area contributed by atoms with Crippen LogP contribution in [-0.2, 0) is 0 Å². The molecular formula is C16H21ClN2O. The molecule has 2 rings (SSSR count). The van der Waals surface area contributed by atoms with E-state index in [1.807, 2.05) is 35.2 Å². The molecule has 2 atom stereocenters. The summed E-state index contributed by atoms with van der Waals surface area (Å²) in [5.74, 6) is 0. The first-order chi connectivity index (χ1) is 9.58. The Kier molecular flexibility index (Phi) is 5.07. The molecule has 108 valence electrons. The van der Waals surface area contributed by atoms with Crippen LogP contribution in [0.25, 0.3) is 6.08 Å². The van der Waals surface area contributed by atoms with Gasteiger partial charge in [0.05, 0.1) is 0 Å². The Hall–Kier alpha value is -1.48. The van der Waals surface area contributed by atoms with Crippen LogP contribution in [0.3, 0.4) is 0 Å². The minimum Gasteiger partial charge on any atom is -0.319 e. The van der Waals surface area contributed by atoms with Crippen LogP contribution in [0, 0.1) is 0 Å². The van der Waals surface area contributed by atoms with Crippen molar-refractivity contribution in [1.29, 1.82) is 0 Å². The molecule has 20 heavy (non-hydrogen) atoms. The van der Waals surface area contributed by atoms with E-state index in [1.165, 1.54) is 6.42 Å². The zero-order valence-electron chi connectivity index (χ0n) is 12.0. The molecule has 0 spiro atoms. The van der Waals surface area contributed by atoms with Crippen LogP contribution >= 0.6 is 11.6 Å². The third-order valence-corrected chi connectivity index (χ3v) is 4.03. The number of likely N-dealkylation sites (tertiary alicyclic amines) is 1. The highest BCUT2D eigenvalue weighted by Gasteiger charge is 2.28. The Morgan fingerprint density at radius 2 is 1.85 bits per heavy atom. The van der Waals surface area contributed by atoms with Crippen molar-refractivity contribution in [2.45, 2.75) is 45.2 Å². The van der Waals surface area contributed by atoms with Crippen molar-refractivity contribution in [2.24, 2.45) is 0 Å². The fourth-order valence-electron chi connectivity index (χ4n) is 2.68. The molecule has 2 amide bonds. The summed E-state index contributed by atoms with van der Waals surface area (Å²) in [4.78, 5) is 14.1. The minimum absolute atomic E-state index is 0.0186. The maximum absolute atomic E-state index is 12.2. The van der Waals surface area contributed by atoms with Gasteiger partial charge in [0, 0.05) is 23.3 Å². The number of nitrogens with zero attached hydrogens (tertiary/aromatic N) is 1. The fourth-order valence-corrected chi connectivity index (χ4v) is 2.81. The maximum Gasteiger partial charge on any atom is 0.321 e. The number of hydrogen-bond donors (Lipinski definition) is 1. The second-order valence-corrected chi connectivity index (χ2v) is 5.81. The standard InChI is InChI=1S/C16H21ClN2O/c1-12-4-3-5-13(2)19(12)16(20)18-11-10-14-6-8-15(17)9-7-14/h6-13H,3-5H2,1-2H3,(H,18,20)/b11-10+. The Morgan fingerprint density at radius 3 is 2.45 bits per heavy atom. The van der Waals surface area contributed by atoms with E-state index in [2.05, 4.69) is 19.2 Å². The first-order valence-electron chi connectivity index (χ1n) is 7.09. The summed E-state index contributed by atoms with van der Waals surface area (Å²) >= 11 is 5.83. The molecule has 1 aliphatic rings. The fraction of sp³-hybridized carbons (Fsp3) is 0.438. The van der Waals surface area contributed by atoms with Gasteiger partial charge in [-0.05, 0) is 56.9 Å². The molecule has 1 fully saturated rings. The zero-order valence-corrected chi connectivity index (χ0v) is 12.7. The highest BCUT2D eigenvalue weighted by Crippen LogP contribution is 2.22. The van der Waals surface area contributed by atoms with Crippen LogP contribution in [0.2, 0.25) is 5.02 Å². The Labute approximate surface area is 125 Å². The molecule has 2 unspecified atom stereocenters. The number of urea groups is 1. The molecule has 1 heterocycles. The van der Waals surface area contributed by atoms with E-state index in [4.69, 9.17) is 11.6 Å². The summed E-state index contributed by atoms with van der Waals surface area (Å²) in [5, 5.41) is 3.56. The van der Waals surface area contributed by atoms with Gasteiger partial charge in [-0.1, -0.05) is 23.7 Å². The number of halogens is 1. The lowest BCUT2D eigenvalue weighted by atomic mass is 9.98. The number of amides is 2. The second-order valence-electron chi connectivity index (χ2n) is 5.37. The summed E-state index contributed by atoms with van der Waals surface area (Å²) < 4.78 is 0. The van der Waals surface area contributed by atoms with Crippen LogP contribution in [0.5, 0.6) is 0 Å². The molecule has 1 aliphatic heterocycles. The number of hydrogen-bond acceptors (Lipinski definition) is 1. The van der Waals surface area contributed by atoms with Crippen LogP contribution in [0.1, 0.15) is 38.7 Å². The highest BCUT2D eigenvalue weighted by molar-refractivity contribution is 6.30. The van der Waals surface area contributed by atoms with Gasteiger partial charge in [0.2, 0.25) is 0 Å². The van der Waals surface area contributed by atoms with Crippen molar-refractivity contribution in [1.82, 2.24) is 10.2 Å². The lowest BCUT2D eigenvalue weighted by Gasteiger charge is -2.38.